The highest BCUT2D eigenvalue weighted by Crippen LogP contribution is 2.25. The number of nitro groups is 1. The van der Waals surface area contributed by atoms with E-state index in [0.29, 0.717) is 5.92 Å². The summed E-state index contributed by atoms with van der Waals surface area (Å²) in [5, 5.41) is 15.9. The van der Waals surface area contributed by atoms with Gasteiger partial charge in [0.25, 0.3) is 17.5 Å². The lowest BCUT2D eigenvalue weighted by molar-refractivity contribution is -0.384. The second kappa shape index (κ2) is 10.0. The number of nitrogens with zero attached hydrogens (tertiary/aromatic N) is 1. The monoisotopic (exact) mass is 411 g/mol. The van der Waals surface area contributed by atoms with E-state index in [4.69, 9.17) is 16.3 Å². The van der Waals surface area contributed by atoms with Crippen LogP contribution in [-0.4, -0.2) is 41.9 Å². The molecule has 2 rings (SSSR count). The van der Waals surface area contributed by atoms with Crippen LogP contribution in [0.15, 0.2) is 18.2 Å². The molecule has 0 radical (unpaired) electrons. The van der Waals surface area contributed by atoms with Crippen LogP contribution in [0.3, 0.4) is 0 Å². The summed E-state index contributed by atoms with van der Waals surface area (Å²) >= 11 is 5.69. The Kier molecular flexibility index (Phi) is 7.74. The highest BCUT2D eigenvalue weighted by Gasteiger charge is 2.20. The van der Waals surface area contributed by atoms with Crippen LogP contribution in [0, 0.1) is 16.0 Å². The van der Waals surface area contributed by atoms with Crippen molar-refractivity contribution in [3.05, 3.63) is 38.9 Å². The summed E-state index contributed by atoms with van der Waals surface area (Å²) in [6.45, 7) is 1.28. The van der Waals surface area contributed by atoms with E-state index in [0.717, 1.165) is 31.7 Å². The van der Waals surface area contributed by atoms with Crippen molar-refractivity contribution in [1.82, 2.24) is 10.6 Å². The van der Waals surface area contributed by atoms with E-state index in [2.05, 4.69) is 17.6 Å². The summed E-state index contributed by atoms with van der Waals surface area (Å²) in [4.78, 5) is 45.7. The number of carbonyl (C=O) groups is 3. The van der Waals surface area contributed by atoms with Gasteiger partial charge >= 0.3 is 5.97 Å². The molecular formula is C18H22ClN3O6. The van der Waals surface area contributed by atoms with Gasteiger partial charge in [-0.15, -0.1) is 0 Å². The standard InChI is InChI=1S/C18H22ClN3O6/c1-11-2-5-13(6-3-11)21-16(23)10-28-17(24)9-20-18(25)12-4-7-14(19)15(8-12)22(26)27/h4,7-8,11,13H,2-3,5-6,9-10H2,1H3,(H,20,25)(H,21,23). The van der Waals surface area contributed by atoms with Gasteiger partial charge in [-0.3, -0.25) is 24.5 Å². The summed E-state index contributed by atoms with van der Waals surface area (Å²) < 4.78 is 4.84. The maximum absolute atomic E-state index is 12.0. The predicted octanol–water partition coefficient (Wildman–Crippen LogP) is 2.22. The normalized spacial score (nSPS) is 18.8. The van der Waals surface area contributed by atoms with Crippen molar-refractivity contribution in [1.29, 1.82) is 0 Å². The number of ether oxygens (including phenoxy) is 1. The number of amides is 2. The minimum Gasteiger partial charge on any atom is -0.454 e. The van der Waals surface area contributed by atoms with E-state index < -0.39 is 35.6 Å². The number of nitro benzene ring substituents is 1. The van der Waals surface area contributed by atoms with Crippen LogP contribution in [0.5, 0.6) is 0 Å². The van der Waals surface area contributed by atoms with Crippen molar-refractivity contribution in [3.8, 4) is 0 Å². The Morgan fingerprint density at radius 2 is 1.93 bits per heavy atom. The van der Waals surface area contributed by atoms with Gasteiger partial charge in [0.05, 0.1) is 4.92 Å². The lowest BCUT2D eigenvalue weighted by atomic mass is 9.87. The first-order chi connectivity index (χ1) is 13.3. The number of halogens is 1. The second-order valence-electron chi connectivity index (χ2n) is 6.79. The number of esters is 1. The molecule has 0 atom stereocenters. The van der Waals surface area contributed by atoms with Crippen molar-refractivity contribution in [2.45, 2.75) is 38.6 Å². The number of carbonyl (C=O) groups excluding carboxylic acids is 3. The Morgan fingerprint density at radius 1 is 1.25 bits per heavy atom. The molecule has 0 saturated heterocycles. The largest absolute Gasteiger partial charge is 0.454 e. The summed E-state index contributed by atoms with van der Waals surface area (Å²) in [7, 11) is 0. The minimum absolute atomic E-state index is 0.0202. The fraction of sp³-hybridized carbons (Fsp3) is 0.500. The first-order valence-electron chi connectivity index (χ1n) is 8.93. The Labute approximate surface area is 166 Å². The molecule has 0 unspecified atom stereocenters. The van der Waals surface area contributed by atoms with Crippen molar-refractivity contribution < 1.29 is 24.0 Å². The van der Waals surface area contributed by atoms with E-state index >= 15 is 0 Å². The van der Waals surface area contributed by atoms with Gasteiger partial charge in [-0.25, -0.2) is 0 Å². The van der Waals surface area contributed by atoms with E-state index in [1.54, 1.807) is 0 Å². The lowest BCUT2D eigenvalue weighted by Crippen LogP contribution is -2.40. The quantitative estimate of drug-likeness (QED) is 0.402. The SMILES string of the molecule is CC1CCC(NC(=O)COC(=O)CNC(=O)c2ccc(Cl)c([N+](=O)[O-])c2)CC1. The number of hydrogen-bond acceptors (Lipinski definition) is 6. The maximum atomic E-state index is 12.0. The zero-order valence-corrected chi connectivity index (χ0v) is 16.2. The molecule has 152 valence electrons. The average molecular weight is 412 g/mol. The predicted molar refractivity (Wildman–Crippen MR) is 101 cm³/mol. The zero-order chi connectivity index (χ0) is 20.7. The molecule has 10 heteroatoms. The lowest BCUT2D eigenvalue weighted by Gasteiger charge is -2.26. The summed E-state index contributed by atoms with van der Waals surface area (Å²) in [6, 6.07) is 3.64. The number of benzene rings is 1. The third-order valence-electron chi connectivity index (χ3n) is 4.54. The average Bonchev–Trinajstić information content (AvgIpc) is 2.66. The molecule has 1 fully saturated rings. The van der Waals surface area contributed by atoms with Crippen LogP contribution in [-0.2, 0) is 14.3 Å². The van der Waals surface area contributed by atoms with Gasteiger partial charge in [0.1, 0.15) is 11.6 Å². The number of hydrogen-bond donors (Lipinski definition) is 2. The van der Waals surface area contributed by atoms with Gasteiger partial charge in [0, 0.05) is 17.7 Å². The second-order valence-corrected chi connectivity index (χ2v) is 7.20. The van der Waals surface area contributed by atoms with Crippen molar-refractivity contribution in [2.24, 2.45) is 5.92 Å². The highest BCUT2D eigenvalue weighted by molar-refractivity contribution is 6.32. The summed E-state index contributed by atoms with van der Waals surface area (Å²) in [5.41, 5.74) is -0.432. The third kappa shape index (κ3) is 6.49. The van der Waals surface area contributed by atoms with Gasteiger partial charge in [-0.2, -0.15) is 0 Å². The molecule has 0 heterocycles. The molecule has 2 amide bonds. The highest BCUT2D eigenvalue weighted by atomic mass is 35.5. The third-order valence-corrected chi connectivity index (χ3v) is 4.86. The van der Waals surface area contributed by atoms with Crippen LogP contribution in [0.4, 0.5) is 5.69 Å². The molecule has 1 saturated carbocycles. The van der Waals surface area contributed by atoms with Gasteiger partial charge in [0.2, 0.25) is 0 Å². The Morgan fingerprint density at radius 3 is 2.57 bits per heavy atom. The molecule has 1 aromatic rings. The van der Waals surface area contributed by atoms with Crippen LogP contribution >= 0.6 is 11.6 Å². The smallest absolute Gasteiger partial charge is 0.325 e. The fourth-order valence-corrected chi connectivity index (χ4v) is 3.11. The van der Waals surface area contributed by atoms with Crippen molar-refractivity contribution in [3.63, 3.8) is 0 Å². The number of rotatable bonds is 7. The van der Waals surface area contributed by atoms with Crippen LogP contribution in [0.1, 0.15) is 43.0 Å². The van der Waals surface area contributed by atoms with Crippen molar-refractivity contribution in [2.75, 3.05) is 13.2 Å². The molecule has 0 bridgehead atoms. The molecule has 2 N–H and O–H groups in total. The van der Waals surface area contributed by atoms with Gasteiger partial charge < -0.3 is 15.4 Å². The molecule has 1 aliphatic rings. The van der Waals surface area contributed by atoms with Crippen LogP contribution in [0.2, 0.25) is 5.02 Å². The topological polar surface area (TPSA) is 128 Å². The van der Waals surface area contributed by atoms with E-state index in [9.17, 15) is 24.5 Å². The van der Waals surface area contributed by atoms with Gasteiger partial charge in [0.15, 0.2) is 6.61 Å². The minimum atomic E-state index is -0.788. The molecule has 1 aromatic carbocycles. The first-order valence-corrected chi connectivity index (χ1v) is 9.31. The van der Waals surface area contributed by atoms with Crippen LogP contribution in [0.25, 0.3) is 0 Å². The fourth-order valence-electron chi connectivity index (χ4n) is 2.92. The maximum Gasteiger partial charge on any atom is 0.325 e. The van der Waals surface area contributed by atoms with Gasteiger partial charge in [-0.1, -0.05) is 18.5 Å². The van der Waals surface area contributed by atoms with E-state index in [-0.39, 0.29) is 22.5 Å². The van der Waals surface area contributed by atoms with E-state index in [1.807, 2.05) is 0 Å². The summed E-state index contributed by atoms with van der Waals surface area (Å²) in [5.74, 6) is -1.20. The number of nitrogens with one attached hydrogen (secondary N) is 2. The molecule has 9 nitrogen and oxygen atoms in total. The molecule has 28 heavy (non-hydrogen) atoms. The molecule has 1 aliphatic carbocycles. The van der Waals surface area contributed by atoms with Crippen LogP contribution < -0.4 is 10.6 Å². The molecular weight excluding hydrogens is 390 g/mol. The molecule has 0 aliphatic heterocycles. The van der Waals surface area contributed by atoms with Gasteiger partial charge in [-0.05, 0) is 43.7 Å². The first kappa shape index (κ1) is 21.6. The van der Waals surface area contributed by atoms with Crippen molar-refractivity contribution >= 4 is 35.1 Å². The summed E-state index contributed by atoms with van der Waals surface area (Å²) in [6.07, 6.45) is 3.92. The Bertz CT molecular complexity index is 762. The Balaban J connectivity index is 1.73. The Hall–Kier alpha value is -2.68. The molecule has 0 aromatic heterocycles. The zero-order valence-electron chi connectivity index (χ0n) is 15.4. The molecule has 0 spiro atoms. The van der Waals surface area contributed by atoms with E-state index in [1.165, 1.54) is 12.1 Å².